The molecule has 0 aliphatic heterocycles. The third kappa shape index (κ3) is 3.88. The second-order valence-corrected chi connectivity index (χ2v) is 10.6. The number of rotatable bonds is 6. The van der Waals surface area contributed by atoms with Crippen LogP contribution in [0.4, 0.5) is 0 Å². The molecule has 4 aromatic carbocycles. The van der Waals surface area contributed by atoms with Crippen molar-refractivity contribution in [3.05, 3.63) is 109 Å². The van der Waals surface area contributed by atoms with Gasteiger partial charge in [0.2, 0.25) is 0 Å². The number of benzene rings is 4. The van der Waals surface area contributed by atoms with Crippen molar-refractivity contribution in [1.29, 1.82) is 0 Å². The summed E-state index contributed by atoms with van der Waals surface area (Å²) in [5.41, 5.74) is 4.72. The number of hydrogen-bond donors (Lipinski definition) is 0. The van der Waals surface area contributed by atoms with Gasteiger partial charge in [-0.3, -0.25) is 0 Å². The highest BCUT2D eigenvalue weighted by Gasteiger charge is 2.26. The minimum atomic E-state index is -3.93. The van der Waals surface area contributed by atoms with Crippen LogP contribution < -0.4 is 9.47 Å². The molecule has 0 aliphatic rings. The quantitative estimate of drug-likeness (QED) is 0.242. The van der Waals surface area contributed by atoms with Crippen molar-refractivity contribution in [3.8, 4) is 33.8 Å². The number of fused-ring (bicyclic) bond motifs is 3. The maximum Gasteiger partial charge on any atom is 0.269 e. The minimum absolute atomic E-state index is 0.203. The first-order valence-electron chi connectivity index (χ1n) is 12.0. The van der Waals surface area contributed by atoms with Gasteiger partial charge in [0.15, 0.2) is 5.65 Å². The molecule has 2 heterocycles. The summed E-state index contributed by atoms with van der Waals surface area (Å²) in [7, 11) is -0.664. The number of methoxy groups -OCH3 is 2. The fourth-order valence-electron chi connectivity index (χ4n) is 4.81. The van der Waals surface area contributed by atoms with E-state index in [1.54, 1.807) is 50.7 Å². The first-order chi connectivity index (χ1) is 18.5. The average Bonchev–Trinajstić information content (AvgIpc) is 3.32. The van der Waals surface area contributed by atoms with E-state index in [1.807, 2.05) is 72.8 Å². The summed E-state index contributed by atoms with van der Waals surface area (Å²) < 4.78 is 40.0. The molecule has 6 aromatic rings. The monoisotopic (exact) mass is 520 g/mol. The molecule has 0 saturated carbocycles. The molecule has 0 fully saturated rings. The van der Waals surface area contributed by atoms with Gasteiger partial charge in [0.05, 0.1) is 24.6 Å². The van der Waals surface area contributed by atoms with E-state index < -0.39 is 10.0 Å². The van der Waals surface area contributed by atoms with Gasteiger partial charge in [-0.25, -0.2) is 17.4 Å². The van der Waals surface area contributed by atoms with Crippen molar-refractivity contribution in [2.45, 2.75) is 4.90 Å². The summed E-state index contributed by atoms with van der Waals surface area (Å²) in [6.07, 6.45) is 1.65. The van der Waals surface area contributed by atoms with Gasteiger partial charge in [-0.15, -0.1) is 0 Å². The van der Waals surface area contributed by atoms with Gasteiger partial charge in [-0.2, -0.15) is 0 Å². The van der Waals surface area contributed by atoms with Crippen LogP contribution in [0.15, 0.2) is 114 Å². The second-order valence-electron chi connectivity index (χ2n) is 8.83. The lowest BCUT2D eigenvalue weighted by Crippen LogP contribution is -2.13. The Hall–Kier alpha value is -4.62. The molecule has 6 nitrogen and oxygen atoms in total. The molecule has 0 saturated heterocycles. The maximum atomic E-state index is 14.0. The van der Waals surface area contributed by atoms with Crippen LogP contribution in [0.2, 0.25) is 0 Å². The zero-order chi connectivity index (χ0) is 26.3. The van der Waals surface area contributed by atoms with E-state index >= 15 is 0 Å². The van der Waals surface area contributed by atoms with Crippen LogP contribution in [0, 0.1) is 0 Å². The number of ether oxygens (including phenoxy) is 2. The van der Waals surface area contributed by atoms with Crippen molar-refractivity contribution in [1.82, 2.24) is 8.96 Å². The third-order valence-corrected chi connectivity index (χ3v) is 8.43. The SMILES string of the molecule is COc1ccc(-c2ccc3c(c2)c2c(-c4ccc(OC)cc4)ccnc2n3S(=O)(=O)c2ccccc2)cc1. The lowest BCUT2D eigenvalue weighted by molar-refractivity contribution is 0.415. The van der Waals surface area contributed by atoms with E-state index in [2.05, 4.69) is 4.98 Å². The van der Waals surface area contributed by atoms with Crippen LogP contribution in [-0.2, 0) is 10.0 Å². The van der Waals surface area contributed by atoms with Crippen LogP contribution in [0.25, 0.3) is 44.2 Å². The Morgan fingerprint density at radius 3 is 1.92 bits per heavy atom. The fourth-order valence-corrected chi connectivity index (χ4v) is 6.31. The van der Waals surface area contributed by atoms with Crippen molar-refractivity contribution < 1.29 is 17.9 Å². The van der Waals surface area contributed by atoms with E-state index in [-0.39, 0.29) is 4.90 Å². The summed E-state index contributed by atoms with van der Waals surface area (Å²) in [6.45, 7) is 0. The largest absolute Gasteiger partial charge is 0.497 e. The molecule has 2 aromatic heterocycles. The summed E-state index contributed by atoms with van der Waals surface area (Å²) in [5.74, 6) is 1.52. The molecule has 0 unspecified atom stereocenters. The molecular formula is C31H24N2O4S. The average molecular weight is 521 g/mol. The Kier molecular flexibility index (Phi) is 5.85. The maximum absolute atomic E-state index is 14.0. The molecule has 0 radical (unpaired) electrons. The topological polar surface area (TPSA) is 70.4 Å². The van der Waals surface area contributed by atoms with Gasteiger partial charge in [0, 0.05) is 17.0 Å². The van der Waals surface area contributed by atoms with E-state index in [0.29, 0.717) is 11.2 Å². The Balaban J connectivity index is 1.68. The van der Waals surface area contributed by atoms with Crippen LogP contribution in [0.5, 0.6) is 11.5 Å². The van der Waals surface area contributed by atoms with Crippen LogP contribution in [0.1, 0.15) is 0 Å². The van der Waals surface area contributed by atoms with Gasteiger partial charge in [0.1, 0.15) is 11.5 Å². The molecular weight excluding hydrogens is 496 g/mol. The lowest BCUT2D eigenvalue weighted by atomic mass is 9.99. The predicted molar refractivity (Wildman–Crippen MR) is 150 cm³/mol. The molecule has 7 heteroatoms. The molecule has 0 N–H and O–H groups in total. The van der Waals surface area contributed by atoms with Gasteiger partial charge in [-0.1, -0.05) is 48.5 Å². The van der Waals surface area contributed by atoms with Gasteiger partial charge in [0.25, 0.3) is 10.0 Å². The first-order valence-corrected chi connectivity index (χ1v) is 13.5. The molecule has 0 atom stereocenters. The van der Waals surface area contributed by atoms with Crippen LogP contribution >= 0.6 is 0 Å². The molecule has 188 valence electrons. The summed E-state index contributed by atoms with van der Waals surface area (Å²) in [4.78, 5) is 4.80. The Morgan fingerprint density at radius 1 is 0.684 bits per heavy atom. The summed E-state index contributed by atoms with van der Waals surface area (Å²) in [6, 6.07) is 31.7. The molecule has 0 bridgehead atoms. The van der Waals surface area contributed by atoms with Crippen molar-refractivity contribution in [3.63, 3.8) is 0 Å². The minimum Gasteiger partial charge on any atom is -0.497 e. The highest BCUT2D eigenvalue weighted by molar-refractivity contribution is 7.90. The van der Waals surface area contributed by atoms with Crippen LogP contribution in [0.3, 0.4) is 0 Å². The lowest BCUT2D eigenvalue weighted by Gasteiger charge is -2.09. The normalized spacial score (nSPS) is 11.6. The van der Waals surface area contributed by atoms with Crippen molar-refractivity contribution in [2.24, 2.45) is 0 Å². The number of pyridine rings is 1. The highest BCUT2D eigenvalue weighted by Crippen LogP contribution is 2.39. The van der Waals surface area contributed by atoms with E-state index in [9.17, 15) is 8.42 Å². The van der Waals surface area contributed by atoms with E-state index in [0.717, 1.165) is 44.5 Å². The van der Waals surface area contributed by atoms with Crippen molar-refractivity contribution >= 4 is 32.0 Å². The summed E-state index contributed by atoms with van der Waals surface area (Å²) >= 11 is 0. The number of nitrogens with zero attached hydrogens (tertiary/aromatic N) is 2. The Labute approximate surface area is 220 Å². The zero-order valence-electron chi connectivity index (χ0n) is 20.8. The van der Waals surface area contributed by atoms with Gasteiger partial charge >= 0.3 is 0 Å². The second kappa shape index (κ2) is 9.36. The molecule has 0 aliphatic carbocycles. The molecule has 38 heavy (non-hydrogen) atoms. The Bertz CT molecular complexity index is 1880. The fraction of sp³-hybridized carbons (Fsp3) is 0.0645. The Morgan fingerprint density at radius 2 is 1.29 bits per heavy atom. The van der Waals surface area contributed by atoms with Crippen LogP contribution in [-0.4, -0.2) is 31.6 Å². The number of hydrogen-bond acceptors (Lipinski definition) is 5. The highest BCUT2D eigenvalue weighted by atomic mass is 32.2. The molecule has 0 spiro atoms. The molecule has 0 amide bonds. The van der Waals surface area contributed by atoms with Gasteiger partial charge in [-0.05, 0) is 76.9 Å². The number of aromatic nitrogens is 2. The summed E-state index contributed by atoms with van der Waals surface area (Å²) in [5, 5.41) is 1.56. The standard InChI is InChI=1S/C31H24N2O4S/c1-36-24-13-8-21(9-14-24)23-12-17-29-28(20-23)30-27(22-10-15-25(37-2)16-11-22)18-19-32-31(30)33(29)38(34,35)26-6-4-3-5-7-26/h3-20H,1-2H3. The van der Waals surface area contributed by atoms with Gasteiger partial charge < -0.3 is 9.47 Å². The van der Waals surface area contributed by atoms with Crippen molar-refractivity contribution in [2.75, 3.05) is 14.2 Å². The third-order valence-electron chi connectivity index (χ3n) is 6.71. The smallest absolute Gasteiger partial charge is 0.269 e. The molecule has 6 rings (SSSR count). The van der Waals surface area contributed by atoms with E-state index in [4.69, 9.17) is 9.47 Å². The van der Waals surface area contributed by atoms with E-state index in [1.165, 1.54) is 3.97 Å². The zero-order valence-corrected chi connectivity index (χ0v) is 21.6. The predicted octanol–water partition coefficient (Wildman–Crippen LogP) is 6.78. The first kappa shape index (κ1) is 23.8.